The molecule has 7 heteroatoms. The van der Waals surface area contributed by atoms with E-state index in [-0.39, 0.29) is 10.9 Å². The standard InChI is InChI=1S/C13H10Cl2N2O2S/c1-7-2-5-11(19-7)12(18)17-13(20)16-8-3-4-9(14)10(15)6-8/h2-6H,1H3,(H2,16,17,18,20). The molecule has 0 aliphatic rings. The average Bonchev–Trinajstić information content (AvgIpc) is 2.80. The Bertz CT molecular complexity index is 670. The fraction of sp³-hybridized carbons (Fsp3) is 0.0769. The van der Waals surface area contributed by atoms with Gasteiger partial charge in [-0.15, -0.1) is 0 Å². The largest absolute Gasteiger partial charge is 0.456 e. The van der Waals surface area contributed by atoms with Crippen LogP contribution in [0, 0.1) is 6.92 Å². The van der Waals surface area contributed by atoms with Gasteiger partial charge in [0.25, 0.3) is 5.91 Å². The number of hydrogen-bond acceptors (Lipinski definition) is 3. The second-order valence-electron chi connectivity index (χ2n) is 3.95. The van der Waals surface area contributed by atoms with Gasteiger partial charge in [-0.05, 0) is 49.5 Å². The van der Waals surface area contributed by atoms with Crippen LogP contribution >= 0.6 is 35.4 Å². The molecule has 104 valence electrons. The minimum absolute atomic E-state index is 0.141. The van der Waals surface area contributed by atoms with Gasteiger partial charge in [-0.3, -0.25) is 10.1 Å². The molecule has 0 radical (unpaired) electrons. The van der Waals surface area contributed by atoms with Crippen molar-refractivity contribution in [2.75, 3.05) is 5.32 Å². The first kappa shape index (κ1) is 14.8. The summed E-state index contributed by atoms with van der Waals surface area (Å²) in [7, 11) is 0. The SMILES string of the molecule is Cc1ccc(C(=O)NC(=S)Nc2ccc(Cl)c(Cl)c2)o1. The Labute approximate surface area is 131 Å². The van der Waals surface area contributed by atoms with Crippen LogP contribution in [-0.2, 0) is 0 Å². The number of thiocarbonyl (C=S) groups is 1. The van der Waals surface area contributed by atoms with Crippen molar-refractivity contribution in [2.45, 2.75) is 6.92 Å². The lowest BCUT2D eigenvalue weighted by Crippen LogP contribution is -2.33. The van der Waals surface area contributed by atoms with Gasteiger partial charge in [0.15, 0.2) is 10.9 Å². The Hall–Kier alpha value is -1.56. The van der Waals surface area contributed by atoms with E-state index >= 15 is 0 Å². The fourth-order valence-corrected chi connectivity index (χ4v) is 1.97. The van der Waals surface area contributed by atoms with E-state index in [0.29, 0.717) is 21.5 Å². The average molecular weight is 329 g/mol. The molecule has 0 saturated carbocycles. The van der Waals surface area contributed by atoms with Crippen molar-refractivity contribution >= 4 is 52.1 Å². The molecule has 0 saturated heterocycles. The summed E-state index contributed by atoms with van der Waals surface area (Å²) < 4.78 is 5.19. The number of aryl methyl sites for hydroxylation is 1. The molecular formula is C13H10Cl2N2O2S. The van der Waals surface area contributed by atoms with Gasteiger partial charge in [-0.1, -0.05) is 23.2 Å². The van der Waals surface area contributed by atoms with Gasteiger partial charge < -0.3 is 9.73 Å². The molecule has 2 N–H and O–H groups in total. The summed E-state index contributed by atoms with van der Waals surface area (Å²) in [6.45, 7) is 1.75. The number of carbonyl (C=O) groups is 1. The Morgan fingerprint density at radius 2 is 1.95 bits per heavy atom. The second kappa shape index (κ2) is 6.26. The third-order valence-corrected chi connectivity index (χ3v) is 3.31. The van der Waals surface area contributed by atoms with E-state index < -0.39 is 5.91 Å². The summed E-state index contributed by atoms with van der Waals surface area (Å²) in [5, 5.41) is 6.32. The number of amides is 1. The summed E-state index contributed by atoms with van der Waals surface area (Å²) in [6, 6.07) is 8.21. The lowest BCUT2D eigenvalue weighted by Gasteiger charge is -2.09. The number of carbonyl (C=O) groups excluding carboxylic acids is 1. The molecule has 4 nitrogen and oxygen atoms in total. The lowest BCUT2D eigenvalue weighted by atomic mass is 10.3. The number of furan rings is 1. The molecule has 1 heterocycles. The van der Waals surface area contributed by atoms with Crippen LogP contribution in [0.2, 0.25) is 10.0 Å². The summed E-state index contributed by atoms with van der Waals surface area (Å²) in [6.07, 6.45) is 0. The van der Waals surface area contributed by atoms with Crippen molar-refractivity contribution < 1.29 is 9.21 Å². The maximum absolute atomic E-state index is 11.8. The monoisotopic (exact) mass is 328 g/mol. The summed E-state index contributed by atoms with van der Waals surface area (Å²) in [5.41, 5.74) is 0.625. The van der Waals surface area contributed by atoms with E-state index in [0.717, 1.165) is 0 Å². The Morgan fingerprint density at radius 3 is 2.55 bits per heavy atom. The molecule has 0 bridgehead atoms. The van der Waals surface area contributed by atoms with Gasteiger partial charge in [0.05, 0.1) is 10.0 Å². The number of rotatable bonds is 2. The van der Waals surface area contributed by atoms with Crippen molar-refractivity contribution in [3.8, 4) is 0 Å². The first-order valence-electron chi connectivity index (χ1n) is 5.59. The highest BCUT2D eigenvalue weighted by Gasteiger charge is 2.11. The number of halogens is 2. The smallest absolute Gasteiger partial charge is 0.293 e. The predicted molar refractivity (Wildman–Crippen MR) is 83.6 cm³/mol. The van der Waals surface area contributed by atoms with E-state index in [1.165, 1.54) is 0 Å². The Morgan fingerprint density at radius 1 is 1.20 bits per heavy atom. The number of hydrogen-bond donors (Lipinski definition) is 2. The van der Waals surface area contributed by atoms with E-state index in [2.05, 4.69) is 10.6 Å². The molecular weight excluding hydrogens is 319 g/mol. The number of anilines is 1. The van der Waals surface area contributed by atoms with E-state index in [4.69, 9.17) is 39.8 Å². The van der Waals surface area contributed by atoms with Crippen LogP contribution in [0.3, 0.4) is 0 Å². The van der Waals surface area contributed by atoms with Crippen LogP contribution in [0.1, 0.15) is 16.3 Å². The third kappa shape index (κ3) is 3.72. The van der Waals surface area contributed by atoms with Crippen LogP contribution in [0.4, 0.5) is 5.69 Å². The topological polar surface area (TPSA) is 54.3 Å². The first-order chi connectivity index (χ1) is 9.45. The molecule has 2 aromatic rings. The van der Waals surface area contributed by atoms with Crippen molar-refractivity contribution in [3.63, 3.8) is 0 Å². The third-order valence-electron chi connectivity index (χ3n) is 2.37. The molecule has 0 unspecified atom stereocenters. The molecule has 1 amide bonds. The van der Waals surface area contributed by atoms with Gasteiger partial charge in [-0.2, -0.15) is 0 Å². The van der Waals surface area contributed by atoms with Gasteiger partial charge in [0, 0.05) is 5.69 Å². The quantitative estimate of drug-likeness (QED) is 0.817. The zero-order valence-corrected chi connectivity index (χ0v) is 12.7. The molecule has 0 spiro atoms. The normalized spacial score (nSPS) is 10.2. The van der Waals surface area contributed by atoms with Gasteiger partial charge >= 0.3 is 0 Å². The molecule has 2 rings (SSSR count). The van der Waals surface area contributed by atoms with Crippen LogP contribution in [0.15, 0.2) is 34.7 Å². The molecule has 0 fully saturated rings. The second-order valence-corrected chi connectivity index (χ2v) is 5.17. The number of benzene rings is 1. The molecule has 1 aromatic heterocycles. The zero-order chi connectivity index (χ0) is 14.7. The van der Waals surface area contributed by atoms with E-state index in [1.807, 2.05) is 0 Å². The van der Waals surface area contributed by atoms with E-state index in [1.54, 1.807) is 37.3 Å². The zero-order valence-electron chi connectivity index (χ0n) is 10.4. The lowest BCUT2D eigenvalue weighted by molar-refractivity contribution is 0.0949. The fourth-order valence-electron chi connectivity index (χ4n) is 1.46. The molecule has 1 aromatic carbocycles. The van der Waals surface area contributed by atoms with Crippen molar-refractivity contribution in [1.29, 1.82) is 0 Å². The molecule has 0 atom stereocenters. The highest BCUT2D eigenvalue weighted by Crippen LogP contribution is 2.24. The molecule has 20 heavy (non-hydrogen) atoms. The summed E-state index contributed by atoms with van der Waals surface area (Å²) in [4.78, 5) is 11.8. The highest BCUT2D eigenvalue weighted by atomic mass is 35.5. The maximum Gasteiger partial charge on any atom is 0.293 e. The van der Waals surface area contributed by atoms with Crippen molar-refractivity contribution in [1.82, 2.24) is 5.32 Å². The molecule has 0 aliphatic heterocycles. The summed E-state index contributed by atoms with van der Waals surface area (Å²) >= 11 is 16.7. The van der Waals surface area contributed by atoms with Gasteiger partial charge in [-0.25, -0.2) is 0 Å². The van der Waals surface area contributed by atoms with Crippen LogP contribution in [0.5, 0.6) is 0 Å². The number of nitrogens with one attached hydrogen (secondary N) is 2. The highest BCUT2D eigenvalue weighted by molar-refractivity contribution is 7.80. The maximum atomic E-state index is 11.8. The summed E-state index contributed by atoms with van der Waals surface area (Å²) in [5.74, 6) is 0.426. The van der Waals surface area contributed by atoms with Crippen LogP contribution in [0.25, 0.3) is 0 Å². The van der Waals surface area contributed by atoms with Gasteiger partial charge in [0.2, 0.25) is 0 Å². The Kier molecular flexibility index (Phi) is 4.65. The Balaban J connectivity index is 1.98. The minimum atomic E-state index is -0.421. The molecule has 0 aliphatic carbocycles. The van der Waals surface area contributed by atoms with E-state index in [9.17, 15) is 4.79 Å². The first-order valence-corrected chi connectivity index (χ1v) is 6.76. The van der Waals surface area contributed by atoms with Crippen LogP contribution < -0.4 is 10.6 Å². The van der Waals surface area contributed by atoms with Gasteiger partial charge in [0.1, 0.15) is 5.76 Å². The van der Waals surface area contributed by atoms with Crippen LogP contribution in [-0.4, -0.2) is 11.0 Å². The van der Waals surface area contributed by atoms with Crippen molar-refractivity contribution in [2.24, 2.45) is 0 Å². The van der Waals surface area contributed by atoms with Crippen molar-refractivity contribution in [3.05, 3.63) is 51.9 Å². The predicted octanol–water partition coefficient (Wildman–Crippen LogP) is 4.02. The minimum Gasteiger partial charge on any atom is -0.456 e.